The Labute approximate surface area is 247 Å². The smallest absolute Gasteiger partial charge is 0.410 e. The zero-order valence-electron chi connectivity index (χ0n) is 23.4. The van der Waals surface area contributed by atoms with E-state index < -0.39 is 29.6 Å². The van der Waals surface area contributed by atoms with E-state index in [1.54, 1.807) is 28.0 Å². The quantitative estimate of drug-likeness (QED) is 0.443. The van der Waals surface area contributed by atoms with Crippen molar-refractivity contribution in [3.8, 4) is 0 Å². The van der Waals surface area contributed by atoms with Gasteiger partial charge in [-0.3, -0.25) is 14.5 Å². The fraction of sp³-hybridized carbons (Fsp3) is 0.400. The lowest BCUT2D eigenvalue weighted by atomic mass is 9.87. The number of methoxy groups -OCH3 is 1. The van der Waals surface area contributed by atoms with Crippen molar-refractivity contribution in [2.75, 3.05) is 44.7 Å². The Hall–Kier alpha value is -3.99. The van der Waals surface area contributed by atoms with E-state index >= 15 is 4.39 Å². The van der Waals surface area contributed by atoms with Gasteiger partial charge in [-0.25, -0.2) is 18.3 Å². The summed E-state index contributed by atoms with van der Waals surface area (Å²) in [4.78, 5) is 44.1. The van der Waals surface area contributed by atoms with Crippen molar-refractivity contribution in [3.63, 3.8) is 0 Å². The Balaban J connectivity index is 1.41. The van der Waals surface area contributed by atoms with Crippen LogP contribution in [0.3, 0.4) is 0 Å². The van der Waals surface area contributed by atoms with Crippen LogP contribution in [0.4, 0.5) is 19.4 Å². The lowest BCUT2D eigenvalue weighted by Gasteiger charge is -2.37. The van der Waals surface area contributed by atoms with Crippen molar-refractivity contribution in [1.29, 1.82) is 0 Å². The van der Waals surface area contributed by atoms with Crippen LogP contribution in [0.5, 0.6) is 0 Å². The van der Waals surface area contributed by atoms with Crippen molar-refractivity contribution < 1.29 is 23.1 Å². The lowest BCUT2D eigenvalue weighted by Crippen LogP contribution is -2.47. The highest BCUT2D eigenvalue weighted by Crippen LogP contribution is 2.38. The number of hydrogen-bond acceptors (Lipinski definition) is 6. The maximum Gasteiger partial charge on any atom is 0.410 e. The number of aryl methyl sites for hydroxylation is 1. The minimum absolute atomic E-state index is 0.189. The molecule has 1 unspecified atom stereocenters. The van der Waals surface area contributed by atoms with Crippen LogP contribution in [0.15, 0.2) is 59.4 Å². The molecule has 2 aliphatic heterocycles. The van der Waals surface area contributed by atoms with Crippen LogP contribution >= 0.6 is 11.6 Å². The van der Waals surface area contributed by atoms with E-state index in [1.165, 1.54) is 37.0 Å². The van der Waals surface area contributed by atoms with Crippen LogP contribution in [0.1, 0.15) is 35.9 Å². The average Bonchev–Trinajstić information content (AvgIpc) is 3.40. The van der Waals surface area contributed by atoms with Crippen LogP contribution in [-0.4, -0.2) is 71.4 Å². The second-order valence-electron chi connectivity index (χ2n) is 10.6. The molecule has 9 nitrogen and oxygen atoms in total. The Kier molecular flexibility index (Phi) is 8.77. The van der Waals surface area contributed by atoms with Gasteiger partial charge in [0.15, 0.2) is 0 Å². The van der Waals surface area contributed by atoms with E-state index in [2.05, 4.69) is 5.10 Å². The third kappa shape index (κ3) is 6.11. The minimum atomic E-state index is -0.719. The summed E-state index contributed by atoms with van der Waals surface area (Å²) in [5.74, 6) is -2.37. The van der Waals surface area contributed by atoms with Gasteiger partial charge in [-0.05, 0) is 48.2 Å². The lowest BCUT2D eigenvalue weighted by molar-refractivity contribution is -0.136. The van der Waals surface area contributed by atoms with E-state index in [1.807, 2.05) is 17.0 Å². The molecule has 0 radical (unpaired) electrons. The number of rotatable bonds is 4. The Morgan fingerprint density at radius 3 is 2.45 bits per heavy atom. The van der Waals surface area contributed by atoms with Crippen molar-refractivity contribution in [2.45, 2.75) is 24.8 Å². The fourth-order valence-electron chi connectivity index (χ4n) is 5.97. The first-order valence-corrected chi connectivity index (χ1v) is 14.2. The maximum absolute atomic E-state index is 15.0. The average molecular weight is 600 g/mol. The molecule has 0 bridgehead atoms. The predicted molar refractivity (Wildman–Crippen MR) is 153 cm³/mol. The number of carbonyl (C=O) groups excluding carboxylic acids is 2. The molecule has 0 N–H and O–H groups in total. The van der Waals surface area contributed by atoms with Crippen molar-refractivity contribution in [2.24, 2.45) is 13.0 Å². The van der Waals surface area contributed by atoms with E-state index in [0.29, 0.717) is 30.2 Å². The van der Waals surface area contributed by atoms with Gasteiger partial charge in [0.05, 0.1) is 19.1 Å². The zero-order chi connectivity index (χ0) is 30.0. The molecule has 12 heteroatoms. The number of ether oxygens (including phenoxy) is 1. The van der Waals surface area contributed by atoms with Gasteiger partial charge in [0, 0.05) is 62.8 Å². The summed E-state index contributed by atoms with van der Waals surface area (Å²) >= 11 is 6.07. The number of anilines is 1. The molecule has 0 aliphatic carbocycles. The molecule has 3 heterocycles. The molecule has 0 spiro atoms. The van der Waals surface area contributed by atoms with Crippen LogP contribution in [0, 0.1) is 17.6 Å². The molecular weight excluding hydrogens is 568 g/mol. The molecule has 3 atom stereocenters. The van der Waals surface area contributed by atoms with Gasteiger partial charge in [0.2, 0.25) is 5.91 Å². The van der Waals surface area contributed by atoms with Gasteiger partial charge >= 0.3 is 6.09 Å². The molecule has 3 aromatic rings. The van der Waals surface area contributed by atoms with Gasteiger partial charge in [-0.2, -0.15) is 5.10 Å². The summed E-state index contributed by atoms with van der Waals surface area (Å²) in [6, 6.07) is 13.4. The summed E-state index contributed by atoms with van der Waals surface area (Å²) in [6.07, 6.45) is 0.708. The van der Waals surface area contributed by atoms with E-state index in [4.69, 9.17) is 16.3 Å². The highest BCUT2D eigenvalue weighted by Gasteiger charge is 2.42. The van der Waals surface area contributed by atoms with Crippen molar-refractivity contribution >= 4 is 29.4 Å². The summed E-state index contributed by atoms with van der Waals surface area (Å²) in [5.41, 5.74) is 0.889. The monoisotopic (exact) mass is 599 g/mol. The van der Waals surface area contributed by atoms with Crippen molar-refractivity contribution in [3.05, 3.63) is 92.7 Å². The van der Waals surface area contributed by atoms with Gasteiger partial charge in [-0.15, -0.1) is 0 Å². The maximum atomic E-state index is 15.0. The normalized spacial score (nSPS) is 21.2. The summed E-state index contributed by atoms with van der Waals surface area (Å²) in [7, 11) is 2.86. The molecule has 2 fully saturated rings. The van der Waals surface area contributed by atoms with Crippen molar-refractivity contribution in [1.82, 2.24) is 19.6 Å². The van der Waals surface area contributed by atoms with Crippen LogP contribution in [0.25, 0.3) is 0 Å². The number of halogens is 3. The van der Waals surface area contributed by atoms with Crippen LogP contribution in [0.2, 0.25) is 5.02 Å². The van der Waals surface area contributed by atoms with Gasteiger partial charge in [0.1, 0.15) is 17.5 Å². The molecule has 1 aromatic heterocycles. The third-order valence-corrected chi connectivity index (χ3v) is 8.39. The molecule has 222 valence electrons. The molecule has 0 saturated carbocycles. The largest absolute Gasteiger partial charge is 0.453 e. The van der Waals surface area contributed by atoms with E-state index in [0.717, 1.165) is 11.6 Å². The van der Waals surface area contributed by atoms with E-state index in [-0.39, 0.29) is 49.3 Å². The number of aromatic nitrogens is 2. The summed E-state index contributed by atoms with van der Waals surface area (Å²) in [5, 5.41) is 4.91. The molecule has 42 heavy (non-hydrogen) atoms. The minimum Gasteiger partial charge on any atom is -0.453 e. The number of benzene rings is 2. The number of nitrogens with zero attached hydrogens (tertiary/aromatic N) is 5. The van der Waals surface area contributed by atoms with Crippen LogP contribution in [-0.2, 0) is 16.6 Å². The zero-order valence-corrected chi connectivity index (χ0v) is 24.1. The highest BCUT2D eigenvalue weighted by molar-refractivity contribution is 6.30. The standard InChI is InChI=1S/C30H32ClF2N5O4/c1-35-28(39)12-11-27(34-35)37-17-23(22-10-9-21(32)16-25(22)33)24(18-37)29(40)36-13-3-4-26(19-5-7-20(31)8-6-19)38(15-14-36)30(41)42-2/h5-12,16,23-24,26H,3-4,13-15,17-18H2,1-2H3/t23-,24+,26?/m0/s1. The second-order valence-corrected chi connectivity index (χ2v) is 11.1. The Morgan fingerprint density at radius 2 is 1.76 bits per heavy atom. The fourth-order valence-corrected chi connectivity index (χ4v) is 6.09. The summed E-state index contributed by atoms with van der Waals surface area (Å²) in [6.45, 7) is 1.43. The molecule has 2 aliphatic rings. The first-order chi connectivity index (χ1) is 20.2. The number of amides is 2. The first-order valence-electron chi connectivity index (χ1n) is 13.8. The molecule has 2 saturated heterocycles. The predicted octanol–water partition coefficient (Wildman–Crippen LogP) is 4.36. The number of carbonyl (C=O) groups is 2. The van der Waals surface area contributed by atoms with Gasteiger partial charge in [-0.1, -0.05) is 29.8 Å². The number of hydrogen-bond donors (Lipinski definition) is 0. The molecular formula is C30H32ClF2N5O4. The first kappa shape index (κ1) is 29.5. The van der Waals surface area contributed by atoms with Gasteiger partial charge < -0.3 is 14.5 Å². The van der Waals surface area contributed by atoms with Crippen LogP contribution < -0.4 is 10.5 Å². The SMILES string of the molecule is COC(=O)N1CCN(C(=O)[C@@H]2CN(c3ccc(=O)n(C)n3)C[C@H]2c2ccc(F)cc2F)CCCC1c1ccc(Cl)cc1. The third-order valence-electron chi connectivity index (χ3n) is 8.14. The van der Waals surface area contributed by atoms with Gasteiger partial charge in [0.25, 0.3) is 5.56 Å². The molecule has 2 amide bonds. The highest BCUT2D eigenvalue weighted by atomic mass is 35.5. The Bertz CT molecular complexity index is 1520. The Morgan fingerprint density at radius 1 is 1.00 bits per heavy atom. The summed E-state index contributed by atoms with van der Waals surface area (Å²) < 4.78 is 35.1. The second kappa shape index (κ2) is 12.5. The molecule has 2 aromatic carbocycles. The topological polar surface area (TPSA) is 88.0 Å². The molecule has 5 rings (SSSR count). The van der Waals surface area contributed by atoms with E-state index in [9.17, 15) is 18.8 Å².